The van der Waals surface area contributed by atoms with E-state index < -0.39 is 23.9 Å². The van der Waals surface area contributed by atoms with Crippen molar-refractivity contribution < 1.29 is 38.2 Å². The average Bonchev–Trinajstić information content (AvgIpc) is 2.82. The van der Waals surface area contributed by atoms with E-state index in [0.29, 0.717) is 27.7 Å². The maximum Gasteiger partial charge on any atom is 0.344 e. The smallest absolute Gasteiger partial charge is 0.344 e. The van der Waals surface area contributed by atoms with E-state index in [9.17, 15) is 28.8 Å². The lowest BCUT2D eigenvalue weighted by atomic mass is 10.5. The minimum atomic E-state index is -0.942. The van der Waals surface area contributed by atoms with Crippen LogP contribution in [-0.2, 0) is 28.7 Å². The molecule has 0 aromatic rings. The van der Waals surface area contributed by atoms with Crippen molar-refractivity contribution in [3.05, 3.63) is 0 Å². The summed E-state index contributed by atoms with van der Waals surface area (Å²) in [5.41, 5.74) is 0. The number of hydrogen-bond donors (Lipinski definition) is 2. The van der Waals surface area contributed by atoms with Crippen LogP contribution in [0.5, 0.6) is 0 Å². The molecule has 1 aliphatic rings. The van der Waals surface area contributed by atoms with Gasteiger partial charge in [0, 0.05) is 31.0 Å². The van der Waals surface area contributed by atoms with Crippen LogP contribution >= 0.6 is 23.5 Å². The Labute approximate surface area is 188 Å². The maximum absolute atomic E-state index is 12.6. The number of aldehydes is 2. The van der Waals surface area contributed by atoms with Gasteiger partial charge in [0.1, 0.15) is 12.6 Å². The van der Waals surface area contributed by atoms with Crippen LogP contribution in [0.1, 0.15) is 12.8 Å². The molecule has 0 aliphatic carbocycles. The first-order valence-corrected chi connectivity index (χ1v) is 11.7. The minimum absolute atomic E-state index is 0.0115. The van der Waals surface area contributed by atoms with Gasteiger partial charge in [-0.15, -0.1) is 23.5 Å². The third-order valence-corrected chi connectivity index (χ3v) is 5.72. The Morgan fingerprint density at radius 2 is 1.23 bits per heavy atom. The number of carbonyl (C=O) groups excluding carboxylic acids is 6. The second-order valence-corrected chi connectivity index (χ2v) is 8.16. The summed E-state index contributed by atoms with van der Waals surface area (Å²) in [7, 11) is 0. The van der Waals surface area contributed by atoms with Crippen molar-refractivity contribution in [2.24, 2.45) is 0 Å². The number of hydrogen-bond acceptors (Lipinski definition) is 10. The Hall–Kier alpha value is -2.16. The molecule has 1 heterocycles. The van der Waals surface area contributed by atoms with E-state index in [1.165, 1.54) is 23.5 Å². The summed E-state index contributed by atoms with van der Waals surface area (Å²) in [6, 6.07) is -1.88. The molecule has 0 radical (unpaired) electrons. The number of nitrogens with zero attached hydrogens (tertiary/aromatic N) is 2. The summed E-state index contributed by atoms with van der Waals surface area (Å²) in [5, 5.41) is 6.30. The first-order valence-electron chi connectivity index (χ1n) is 9.42. The molecule has 174 valence electrons. The molecule has 1 aliphatic heterocycles. The summed E-state index contributed by atoms with van der Waals surface area (Å²) < 4.78 is 10.3. The van der Waals surface area contributed by atoms with Crippen LogP contribution in [-0.4, -0.2) is 103 Å². The van der Waals surface area contributed by atoms with Crippen molar-refractivity contribution in [1.82, 2.24) is 20.7 Å². The topological polar surface area (TPSA) is 151 Å². The van der Waals surface area contributed by atoms with Crippen LogP contribution in [0.15, 0.2) is 0 Å². The van der Waals surface area contributed by atoms with Crippen LogP contribution < -0.4 is 10.6 Å². The number of imide groups is 2. The normalized spacial score (nSPS) is 15.0. The molecule has 0 aromatic heterocycles. The minimum Gasteiger partial charge on any atom is -0.379 e. The van der Waals surface area contributed by atoms with Crippen molar-refractivity contribution in [2.45, 2.75) is 12.8 Å². The highest BCUT2D eigenvalue weighted by Crippen LogP contribution is 2.18. The van der Waals surface area contributed by atoms with Gasteiger partial charge in [-0.3, -0.25) is 9.59 Å². The summed E-state index contributed by atoms with van der Waals surface area (Å²) >= 11 is 2.46. The van der Waals surface area contributed by atoms with Crippen molar-refractivity contribution in [2.75, 3.05) is 56.1 Å². The van der Waals surface area contributed by atoms with E-state index in [1.54, 1.807) is 0 Å². The molecule has 0 saturated carbocycles. The fraction of sp³-hybridized carbons (Fsp3) is 0.647. The van der Waals surface area contributed by atoms with Gasteiger partial charge in [-0.25, -0.2) is 9.59 Å². The Morgan fingerprint density at radius 1 is 0.806 bits per heavy atom. The second-order valence-electron chi connectivity index (χ2n) is 5.83. The van der Waals surface area contributed by atoms with Gasteiger partial charge < -0.3 is 29.7 Å². The van der Waals surface area contributed by atoms with Crippen LogP contribution in [0.25, 0.3) is 0 Å². The van der Waals surface area contributed by atoms with Crippen molar-refractivity contribution in [3.8, 4) is 0 Å². The number of amides is 6. The monoisotopic (exact) mass is 478 g/mol. The first-order chi connectivity index (χ1) is 15.0. The maximum atomic E-state index is 12.6. The third-order valence-electron chi connectivity index (χ3n) is 3.48. The fourth-order valence-electron chi connectivity index (χ4n) is 2.15. The average molecular weight is 479 g/mol. The predicted octanol–water partition coefficient (Wildman–Crippen LogP) is -0.373. The van der Waals surface area contributed by atoms with Crippen LogP contribution in [0.4, 0.5) is 9.59 Å². The molecule has 12 nitrogen and oxygen atoms in total. The molecule has 14 heteroatoms. The standard InChI is InChI=1S/C17H26N4O8S2/c22-5-1-7-28-9-3-18-16(26)20-14(24)11-30-13-31-12-15(25)21(20)17(27)19-4-10-29-8-2-6-23/h5-6H,1-4,7-13H2,(H,18,26)(H,19,27). The number of carbonyl (C=O) groups is 6. The molecule has 0 spiro atoms. The fourth-order valence-corrected chi connectivity index (χ4v) is 3.88. The third kappa shape index (κ3) is 10.6. The summed E-state index contributed by atoms with van der Waals surface area (Å²) in [6.45, 7) is 0.583. The van der Waals surface area contributed by atoms with E-state index in [-0.39, 0.29) is 63.9 Å². The molecule has 0 atom stereocenters. The molecule has 0 aromatic carbocycles. The van der Waals surface area contributed by atoms with Gasteiger partial charge in [0.25, 0.3) is 11.8 Å². The zero-order chi connectivity index (χ0) is 22.9. The van der Waals surface area contributed by atoms with Gasteiger partial charge in [0.15, 0.2) is 0 Å². The number of thioether (sulfide) groups is 2. The zero-order valence-corrected chi connectivity index (χ0v) is 18.5. The van der Waals surface area contributed by atoms with Crippen molar-refractivity contribution in [1.29, 1.82) is 0 Å². The molecule has 0 bridgehead atoms. The highest BCUT2D eigenvalue weighted by atomic mass is 32.2. The van der Waals surface area contributed by atoms with E-state index >= 15 is 0 Å². The molecule has 1 saturated heterocycles. The molecule has 6 amide bonds. The number of rotatable bonds is 12. The largest absolute Gasteiger partial charge is 0.379 e. The molecule has 1 fully saturated rings. The highest BCUT2D eigenvalue weighted by Gasteiger charge is 2.37. The Balaban J connectivity index is 2.76. The number of nitrogens with one attached hydrogen (secondary N) is 2. The zero-order valence-electron chi connectivity index (χ0n) is 16.9. The summed E-state index contributed by atoms with van der Waals surface area (Å²) in [6.07, 6.45) is 1.83. The molecular weight excluding hydrogens is 452 g/mol. The van der Waals surface area contributed by atoms with E-state index in [2.05, 4.69) is 10.6 Å². The quantitative estimate of drug-likeness (QED) is 0.281. The second kappa shape index (κ2) is 16.5. The van der Waals surface area contributed by atoms with Gasteiger partial charge >= 0.3 is 12.1 Å². The lowest BCUT2D eigenvalue weighted by Gasteiger charge is -2.30. The SMILES string of the molecule is O=CCCOCCNC(=O)N1C(=O)CSCSCC(=O)N1C(=O)NCCOCCC=O. The molecule has 0 unspecified atom stereocenters. The Morgan fingerprint density at radius 3 is 1.61 bits per heavy atom. The molecule has 31 heavy (non-hydrogen) atoms. The number of ether oxygens (including phenoxy) is 2. The number of urea groups is 2. The van der Waals surface area contributed by atoms with Gasteiger partial charge in [-0.05, 0) is 0 Å². The summed E-state index contributed by atoms with van der Waals surface area (Å²) in [4.78, 5) is 70.9. The summed E-state index contributed by atoms with van der Waals surface area (Å²) in [5.74, 6) is -1.64. The van der Waals surface area contributed by atoms with Gasteiger partial charge in [0.05, 0.1) is 37.9 Å². The van der Waals surface area contributed by atoms with Gasteiger partial charge in [-0.1, -0.05) is 0 Å². The van der Waals surface area contributed by atoms with Crippen LogP contribution in [0.2, 0.25) is 0 Å². The van der Waals surface area contributed by atoms with Crippen molar-refractivity contribution >= 4 is 60.0 Å². The van der Waals surface area contributed by atoms with E-state index in [0.717, 1.165) is 0 Å². The first kappa shape index (κ1) is 26.9. The predicted molar refractivity (Wildman–Crippen MR) is 113 cm³/mol. The highest BCUT2D eigenvalue weighted by molar-refractivity contribution is 8.16. The van der Waals surface area contributed by atoms with Gasteiger partial charge in [-0.2, -0.15) is 10.0 Å². The Kier molecular flexibility index (Phi) is 14.3. The van der Waals surface area contributed by atoms with Crippen LogP contribution in [0.3, 0.4) is 0 Å². The lowest BCUT2D eigenvalue weighted by Crippen LogP contribution is -2.61. The molecule has 1 rings (SSSR count). The van der Waals surface area contributed by atoms with Crippen molar-refractivity contribution in [3.63, 3.8) is 0 Å². The lowest BCUT2D eigenvalue weighted by molar-refractivity contribution is -0.148. The van der Waals surface area contributed by atoms with E-state index in [4.69, 9.17) is 9.47 Å². The van der Waals surface area contributed by atoms with Crippen LogP contribution in [0, 0.1) is 0 Å². The Bertz CT molecular complexity index is 585. The van der Waals surface area contributed by atoms with Gasteiger partial charge in [0.2, 0.25) is 0 Å². The molecule has 2 N–H and O–H groups in total. The van der Waals surface area contributed by atoms with E-state index in [1.807, 2.05) is 0 Å². The molecular formula is C17H26N4O8S2. The number of hydrazine groups is 1.